The summed E-state index contributed by atoms with van der Waals surface area (Å²) in [6.07, 6.45) is 0. The first kappa shape index (κ1) is 28.6. The molecule has 0 spiro atoms. The molecule has 9 rings (SSSR count). The maximum absolute atomic E-state index is 7.00. The van der Waals surface area contributed by atoms with E-state index in [4.69, 9.17) is 19.4 Å². The number of benzene rings is 7. The highest BCUT2D eigenvalue weighted by Crippen LogP contribution is 2.45. The molecule has 0 atom stereocenters. The highest BCUT2D eigenvalue weighted by atomic mass is 16.3. The Morgan fingerprint density at radius 3 is 1.14 bits per heavy atom. The lowest BCUT2D eigenvalue weighted by Gasteiger charge is -2.16. The van der Waals surface area contributed by atoms with Gasteiger partial charge in [0.2, 0.25) is 0 Å². The molecule has 0 N–H and O–H groups in total. The SMILES string of the molecule is c1ccc(-c2nc(-c3ccccc3)nc(-c3cccc4c3oc3c(-c5c(-c6ccccc6)cccc5-c5ccccc5)cccc34)n2)cc1. The van der Waals surface area contributed by atoms with Crippen LogP contribution in [0.25, 0.3) is 89.5 Å². The van der Waals surface area contributed by atoms with Crippen LogP contribution in [0.15, 0.2) is 180 Å². The summed E-state index contributed by atoms with van der Waals surface area (Å²) >= 11 is 0. The number of fused-ring (bicyclic) bond motifs is 3. The van der Waals surface area contributed by atoms with Crippen LogP contribution in [0.2, 0.25) is 0 Å². The van der Waals surface area contributed by atoms with Gasteiger partial charge in [-0.2, -0.15) is 0 Å². The Morgan fingerprint density at radius 1 is 0.286 bits per heavy atom. The van der Waals surface area contributed by atoms with Gasteiger partial charge in [-0.3, -0.25) is 0 Å². The minimum Gasteiger partial charge on any atom is -0.455 e. The third kappa shape index (κ3) is 5.16. The van der Waals surface area contributed by atoms with Gasteiger partial charge in [-0.1, -0.05) is 170 Å². The Labute approximate surface area is 284 Å². The van der Waals surface area contributed by atoms with E-state index in [1.807, 2.05) is 66.7 Å². The number of hydrogen-bond donors (Lipinski definition) is 0. The van der Waals surface area contributed by atoms with Crippen molar-refractivity contribution in [2.24, 2.45) is 0 Å². The van der Waals surface area contributed by atoms with Crippen molar-refractivity contribution in [2.75, 3.05) is 0 Å². The molecule has 4 heteroatoms. The third-order valence-electron chi connectivity index (χ3n) is 8.97. The monoisotopic (exact) mass is 627 g/mol. The fourth-order valence-electron chi connectivity index (χ4n) is 6.68. The molecule has 0 unspecified atom stereocenters. The summed E-state index contributed by atoms with van der Waals surface area (Å²) in [5.41, 5.74) is 11.0. The van der Waals surface area contributed by atoms with Crippen molar-refractivity contribution in [3.63, 3.8) is 0 Å². The average Bonchev–Trinajstić information content (AvgIpc) is 3.58. The van der Waals surface area contributed by atoms with Crippen molar-refractivity contribution >= 4 is 21.9 Å². The van der Waals surface area contributed by atoms with E-state index in [2.05, 4.69) is 109 Å². The second kappa shape index (κ2) is 12.2. The summed E-state index contributed by atoms with van der Waals surface area (Å²) in [5, 5.41) is 2.05. The molecular formula is C45H29N3O. The van der Waals surface area contributed by atoms with Crippen LogP contribution >= 0.6 is 0 Å². The molecule has 0 amide bonds. The molecule has 2 aromatic heterocycles. The smallest absolute Gasteiger partial charge is 0.167 e. The van der Waals surface area contributed by atoms with Gasteiger partial charge in [-0.05, 0) is 28.3 Å². The number of nitrogens with zero attached hydrogens (tertiary/aromatic N) is 3. The molecule has 49 heavy (non-hydrogen) atoms. The van der Waals surface area contributed by atoms with Crippen molar-refractivity contribution in [1.82, 2.24) is 15.0 Å². The number of rotatable bonds is 6. The van der Waals surface area contributed by atoms with Crippen LogP contribution in [0.5, 0.6) is 0 Å². The van der Waals surface area contributed by atoms with Crippen LogP contribution in [0, 0.1) is 0 Å². The predicted octanol–water partition coefficient (Wildman–Crippen LogP) is 11.8. The highest BCUT2D eigenvalue weighted by Gasteiger charge is 2.22. The van der Waals surface area contributed by atoms with E-state index in [1.54, 1.807) is 0 Å². The molecule has 230 valence electrons. The van der Waals surface area contributed by atoms with Crippen molar-refractivity contribution in [2.45, 2.75) is 0 Å². The quantitative estimate of drug-likeness (QED) is 0.184. The van der Waals surface area contributed by atoms with Crippen LogP contribution in [-0.4, -0.2) is 15.0 Å². The zero-order valence-corrected chi connectivity index (χ0v) is 26.5. The minimum atomic E-state index is 0.563. The van der Waals surface area contributed by atoms with E-state index >= 15 is 0 Å². The fraction of sp³-hybridized carbons (Fsp3) is 0. The maximum atomic E-state index is 7.00. The molecule has 0 radical (unpaired) electrons. The number of furan rings is 1. The van der Waals surface area contributed by atoms with Crippen LogP contribution in [-0.2, 0) is 0 Å². The summed E-state index contributed by atoms with van der Waals surface area (Å²) in [5.74, 6) is 1.79. The van der Waals surface area contributed by atoms with E-state index in [0.29, 0.717) is 17.5 Å². The summed E-state index contributed by atoms with van der Waals surface area (Å²) in [4.78, 5) is 15.0. The summed E-state index contributed by atoms with van der Waals surface area (Å²) < 4.78 is 7.00. The van der Waals surface area contributed by atoms with E-state index in [-0.39, 0.29) is 0 Å². The normalized spacial score (nSPS) is 11.3. The largest absolute Gasteiger partial charge is 0.455 e. The first-order valence-corrected chi connectivity index (χ1v) is 16.4. The van der Waals surface area contributed by atoms with Crippen LogP contribution in [0.3, 0.4) is 0 Å². The van der Waals surface area contributed by atoms with Crippen LogP contribution < -0.4 is 0 Å². The van der Waals surface area contributed by atoms with Gasteiger partial charge >= 0.3 is 0 Å². The van der Waals surface area contributed by atoms with E-state index < -0.39 is 0 Å². The molecule has 0 bridgehead atoms. The van der Waals surface area contributed by atoms with E-state index in [0.717, 1.165) is 72.0 Å². The van der Waals surface area contributed by atoms with Crippen LogP contribution in [0.4, 0.5) is 0 Å². The molecule has 0 fully saturated rings. The Bertz CT molecular complexity index is 2460. The van der Waals surface area contributed by atoms with Gasteiger partial charge in [-0.25, -0.2) is 15.0 Å². The Hall–Kier alpha value is -6.65. The molecule has 0 saturated heterocycles. The van der Waals surface area contributed by atoms with Gasteiger partial charge in [0.25, 0.3) is 0 Å². The molecule has 0 saturated carbocycles. The van der Waals surface area contributed by atoms with Crippen molar-refractivity contribution in [3.05, 3.63) is 176 Å². The van der Waals surface area contributed by atoms with Crippen molar-refractivity contribution < 1.29 is 4.42 Å². The summed E-state index contributed by atoms with van der Waals surface area (Å²) in [6.45, 7) is 0. The van der Waals surface area contributed by atoms with Gasteiger partial charge in [0, 0.05) is 33.0 Å². The predicted molar refractivity (Wildman–Crippen MR) is 200 cm³/mol. The summed E-state index contributed by atoms with van der Waals surface area (Å²) in [7, 11) is 0. The first-order valence-electron chi connectivity index (χ1n) is 16.4. The molecule has 0 aliphatic carbocycles. The number of para-hydroxylation sites is 2. The second-order valence-corrected chi connectivity index (χ2v) is 12.0. The third-order valence-corrected chi connectivity index (χ3v) is 8.97. The van der Waals surface area contributed by atoms with Crippen molar-refractivity contribution in [3.8, 4) is 67.5 Å². The van der Waals surface area contributed by atoms with Gasteiger partial charge in [0.15, 0.2) is 17.5 Å². The molecule has 2 heterocycles. The number of hydrogen-bond acceptors (Lipinski definition) is 4. The first-order chi connectivity index (χ1) is 24.3. The fourth-order valence-corrected chi connectivity index (χ4v) is 6.68. The minimum absolute atomic E-state index is 0.563. The molecule has 7 aromatic carbocycles. The Morgan fingerprint density at radius 2 is 0.653 bits per heavy atom. The zero-order valence-electron chi connectivity index (χ0n) is 26.5. The van der Waals surface area contributed by atoms with Crippen LogP contribution in [0.1, 0.15) is 0 Å². The average molecular weight is 628 g/mol. The highest BCUT2D eigenvalue weighted by molar-refractivity contribution is 6.14. The lowest BCUT2D eigenvalue weighted by molar-refractivity contribution is 0.670. The van der Waals surface area contributed by atoms with Gasteiger partial charge < -0.3 is 4.42 Å². The van der Waals surface area contributed by atoms with E-state index in [1.165, 1.54) is 0 Å². The Kier molecular flexibility index (Phi) is 7.10. The molecular weight excluding hydrogens is 599 g/mol. The molecule has 4 nitrogen and oxygen atoms in total. The van der Waals surface area contributed by atoms with Gasteiger partial charge in [-0.15, -0.1) is 0 Å². The lowest BCUT2D eigenvalue weighted by atomic mass is 9.87. The van der Waals surface area contributed by atoms with Gasteiger partial charge in [0.05, 0.1) is 5.56 Å². The molecule has 9 aromatic rings. The Balaban J connectivity index is 1.30. The lowest BCUT2D eigenvalue weighted by Crippen LogP contribution is -2.00. The van der Waals surface area contributed by atoms with E-state index in [9.17, 15) is 0 Å². The molecule has 0 aliphatic rings. The maximum Gasteiger partial charge on any atom is 0.167 e. The topological polar surface area (TPSA) is 51.8 Å². The van der Waals surface area contributed by atoms with Crippen molar-refractivity contribution in [1.29, 1.82) is 0 Å². The molecule has 0 aliphatic heterocycles. The standard InChI is InChI=1S/C45H29N3O/c1-5-16-30(17-6-1)34-24-13-25-35(31-18-7-2-8-19-31)40(34)38-28-14-26-36-37-27-15-29-39(42(37)49-41(36)38)45-47-43(32-20-9-3-10-21-32)46-44(48-45)33-22-11-4-12-23-33/h1-29H. The second-order valence-electron chi connectivity index (χ2n) is 12.0. The zero-order chi connectivity index (χ0) is 32.6. The van der Waals surface area contributed by atoms with Gasteiger partial charge in [0.1, 0.15) is 11.2 Å². The summed E-state index contributed by atoms with van der Waals surface area (Å²) in [6, 6.07) is 60.4. The number of aromatic nitrogens is 3.